The molecule has 4 heteroatoms. The van der Waals surface area contributed by atoms with Crippen LogP contribution in [0.2, 0.25) is 0 Å². The Hall–Kier alpha value is -2.10. The van der Waals surface area contributed by atoms with E-state index in [0.717, 1.165) is 16.4 Å². The van der Waals surface area contributed by atoms with Gasteiger partial charge in [0.25, 0.3) is 5.56 Å². The average molecular weight is 199 g/mol. The predicted octanol–water partition coefficient (Wildman–Crippen LogP) is 1.41. The van der Waals surface area contributed by atoms with E-state index in [1.54, 1.807) is 6.20 Å². The number of nitrogens with zero attached hydrogens (tertiary/aromatic N) is 2. The molecule has 0 aliphatic rings. The van der Waals surface area contributed by atoms with Gasteiger partial charge in [0.1, 0.15) is 5.52 Å². The second-order valence-corrected chi connectivity index (χ2v) is 3.54. The summed E-state index contributed by atoms with van der Waals surface area (Å²) in [7, 11) is 1.85. The summed E-state index contributed by atoms with van der Waals surface area (Å²) in [6.07, 6.45) is 3.60. The lowest BCUT2D eigenvalue weighted by atomic mass is 10.2. The molecule has 0 aromatic carbocycles. The van der Waals surface area contributed by atoms with E-state index in [1.807, 2.05) is 36.0 Å². The first-order valence-corrected chi connectivity index (χ1v) is 4.69. The Morgan fingerprint density at radius 3 is 3.13 bits per heavy atom. The number of H-pyrrole nitrogens is 1. The van der Waals surface area contributed by atoms with Crippen LogP contribution in [0, 0.1) is 0 Å². The van der Waals surface area contributed by atoms with Crippen LogP contribution in [0.5, 0.6) is 0 Å². The van der Waals surface area contributed by atoms with Gasteiger partial charge in [-0.1, -0.05) is 0 Å². The first-order chi connectivity index (χ1) is 7.27. The Morgan fingerprint density at radius 1 is 1.40 bits per heavy atom. The van der Waals surface area contributed by atoms with Gasteiger partial charge in [-0.05, 0) is 18.2 Å². The van der Waals surface area contributed by atoms with E-state index in [9.17, 15) is 4.79 Å². The monoisotopic (exact) mass is 199 g/mol. The number of nitrogens with one attached hydrogen (secondary N) is 1. The van der Waals surface area contributed by atoms with Gasteiger partial charge in [-0.15, -0.1) is 0 Å². The Morgan fingerprint density at radius 2 is 2.27 bits per heavy atom. The molecule has 3 heterocycles. The third-order valence-corrected chi connectivity index (χ3v) is 2.60. The van der Waals surface area contributed by atoms with Crippen molar-refractivity contribution in [3.05, 3.63) is 40.9 Å². The van der Waals surface area contributed by atoms with Gasteiger partial charge in [0, 0.05) is 24.8 Å². The van der Waals surface area contributed by atoms with Crippen LogP contribution in [-0.4, -0.2) is 14.5 Å². The maximum atomic E-state index is 11.8. The zero-order valence-corrected chi connectivity index (χ0v) is 8.19. The van der Waals surface area contributed by atoms with Crippen LogP contribution in [0.1, 0.15) is 0 Å². The molecule has 0 aliphatic heterocycles. The van der Waals surface area contributed by atoms with Crippen LogP contribution in [0.4, 0.5) is 0 Å². The number of aromatic nitrogens is 3. The number of fused-ring (bicyclic) bond motifs is 3. The van der Waals surface area contributed by atoms with Crippen molar-refractivity contribution in [1.29, 1.82) is 0 Å². The summed E-state index contributed by atoms with van der Waals surface area (Å²) in [5.74, 6) is 0. The molecule has 4 nitrogen and oxygen atoms in total. The zero-order chi connectivity index (χ0) is 10.4. The highest BCUT2D eigenvalue weighted by Crippen LogP contribution is 2.18. The summed E-state index contributed by atoms with van der Waals surface area (Å²) < 4.78 is 1.81. The third kappa shape index (κ3) is 1.01. The van der Waals surface area contributed by atoms with E-state index in [1.165, 1.54) is 0 Å². The molecule has 0 bridgehead atoms. The molecule has 0 atom stereocenters. The standard InChI is InChI=1S/C11H9N3O/c1-14-6-4-7-9-8(3-2-5-12-9)13-11(15)10(7)14/h2-6H,1H3,(H,13,15). The quantitative estimate of drug-likeness (QED) is 0.595. The van der Waals surface area contributed by atoms with Gasteiger partial charge in [0.05, 0.1) is 11.0 Å². The van der Waals surface area contributed by atoms with Crippen molar-refractivity contribution in [2.45, 2.75) is 0 Å². The van der Waals surface area contributed by atoms with Gasteiger partial charge in [-0.3, -0.25) is 9.78 Å². The maximum absolute atomic E-state index is 11.8. The van der Waals surface area contributed by atoms with Gasteiger partial charge < -0.3 is 9.55 Å². The van der Waals surface area contributed by atoms with Gasteiger partial charge in [0.2, 0.25) is 0 Å². The number of hydrogen-bond donors (Lipinski definition) is 1. The lowest BCUT2D eigenvalue weighted by molar-refractivity contribution is 0.959. The minimum absolute atomic E-state index is 0.0713. The summed E-state index contributed by atoms with van der Waals surface area (Å²) in [6.45, 7) is 0. The molecule has 0 radical (unpaired) electrons. The number of pyridine rings is 2. The topological polar surface area (TPSA) is 50.7 Å². The van der Waals surface area contributed by atoms with E-state index >= 15 is 0 Å². The molecule has 0 spiro atoms. The average Bonchev–Trinajstić information content (AvgIpc) is 2.62. The van der Waals surface area contributed by atoms with Crippen LogP contribution in [0.25, 0.3) is 21.9 Å². The van der Waals surface area contributed by atoms with Crippen LogP contribution in [0.15, 0.2) is 35.4 Å². The second-order valence-electron chi connectivity index (χ2n) is 3.54. The van der Waals surface area contributed by atoms with E-state index in [0.29, 0.717) is 5.52 Å². The Balaban J connectivity index is 2.71. The Labute approximate surface area is 85.2 Å². The normalized spacial score (nSPS) is 11.3. The molecule has 0 saturated carbocycles. The molecule has 3 rings (SSSR count). The number of rotatable bonds is 0. The molecule has 0 amide bonds. The molecule has 0 fully saturated rings. The fourth-order valence-electron chi connectivity index (χ4n) is 1.91. The van der Waals surface area contributed by atoms with E-state index in [-0.39, 0.29) is 5.56 Å². The molecular formula is C11H9N3O. The molecule has 0 saturated heterocycles. The van der Waals surface area contributed by atoms with Crippen molar-refractivity contribution in [1.82, 2.24) is 14.5 Å². The van der Waals surface area contributed by atoms with Crippen molar-refractivity contribution in [2.24, 2.45) is 7.05 Å². The van der Waals surface area contributed by atoms with E-state index in [2.05, 4.69) is 9.97 Å². The van der Waals surface area contributed by atoms with Crippen molar-refractivity contribution in [2.75, 3.05) is 0 Å². The number of hydrogen-bond acceptors (Lipinski definition) is 2. The fourth-order valence-corrected chi connectivity index (χ4v) is 1.91. The van der Waals surface area contributed by atoms with Gasteiger partial charge >= 0.3 is 0 Å². The molecule has 15 heavy (non-hydrogen) atoms. The van der Waals surface area contributed by atoms with Crippen LogP contribution >= 0.6 is 0 Å². The lowest BCUT2D eigenvalue weighted by Crippen LogP contribution is -2.09. The summed E-state index contributed by atoms with van der Waals surface area (Å²) in [6, 6.07) is 5.59. The van der Waals surface area contributed by atoms with Crippen LogP contribution in [-0.2, 0) is 7.05 Å². The SMILES string of the molecule is Cn1ccc2c3ncccc3[nH]c(=O)c21. The Kier molecular flexibility index (Phi) is 1.48. The summed E-state index contributed by atoms with van der Waals surface area (Å²) in [5, 5.41) is 0.900. The summed E-state index contributed by atoms with van der Waals surface area (Å²) in [4.78, 5) is 18.9. The molecular weight excluding hydrogens is 190 g/mol. The highest BCUT2D eigenvalue weighted by molar-refractivity contribution is 6.01. The van der Waals surface area contributed by atoms with Crippen molar-refractivity contribution in [3.63, 3.8) is 0 Å². The number of aromatic amines is 1. The zero-order valence-electron chi connectivity index (χ0n) is 8.19. The summed E-state index contributed by atoms with van der Waals surface area (Å²) in [5.41, 5.74) is 2.22. The van der Waals surface area contributed by atoms with Gasteiger partial charge in [-0.25, -0.2) is 0 Å². The largest absolute Gasteiger partial charge is 0.346 e. The third-order valence-electron chi connectivity index (χ3n) is 2.60. The fraction of sp³-hybridized carbons (Fsp3) is 0.0909. The number of aryl methyl sites for hydroxylation is 1. The van der Waals surface area contributed by atoms with Crippen molar-refractivity contribution in [3.8, 4) is 0 Å². The molecule has 3 aromatic heterocycles. The van der Waals surface area contributed by atoms with Gasteiger partial charge in [-0.2, -0.15) is 0 Å². The van der Waals surface area contributed by atoms with E-state index < -0.39 is 0 Å². The molecule has 0 unspecified atom stereocenters. The highest BCUT2D eigenvalue weighted by Gasteiger charge is 2.07. The maximum Gasteiger partial charge on any atom is 0.273 e. The molecule has 3 aromatic rings. The van der Waals surface area contributed by atoms with Crippen LogP contribution in [0.3, 0.4) is 0 Å². The molecule has 74 valence electrons. The minimum atomic E-state index is -0.0713. The first-order valence-electron chi connectivity index (χ1n) is 4.69. The highest BCUT2D eigenvalue weighted by atomic mass is 16.1. The predicted molar refractivity (Wildman–Crippen MR) is 58.8 cm³/mol. The molecule has 0 aliphatic carbocycles. The first kappa shape index (κ1) is 8.23. The van der Waals surface area contributed by atoms with Crippen molar-refractivity contribution < 1.29 is 0 Å². The smallest absolute Gasteiger partial charge is 0.273 e. The summed E-state index contributed by atoms with van der Waals surface area (Å²) >= 11 is 0. The Bertz CT molecular complexity index is 708. The van der Waals surface area contributed by atoms with Crippen molar-refractivity contribution >= 4 is 21.9 Å². The minimum Gasteiger partial charge on any atom is -0.346 e. The van der Waals surface area contributed by atoms with E-state index in [4.69, 9.17) is 0 Å². The molecule has 1 N–H and O–H groups in total. The van der Waals surface area contributed by atoms with Crippen LogP contribution < -0.4 is 5.56 Å². The van der Waals surface area contributed by atoms with Gasteiger partial charge in [0.15, 0.2) is 0 Å². The second kappa shape index (κ2) is 2.70. The lowest BCUT2D eigenvalue weighted by Gasteiger charge is -1.99.